The number of rotatable bonds is 7. The lowest BCUT2D eigenvalue weighted by Crippen LogP contribution is -2.17. The number of ether oxygens (including phenoxy) is 2. The summed E-state index contributed by atoms with van der Waals surface area (Å²) < 4.78 is 13.9. The second kappa shape index (κ2) is 9.30. The van der Waals surface area contributed by atoms with Gasteiger partial charge in [0.1, 0.15) is 0 Å². The molecule has 0 saturated carbocycles. The fraction of sp³-hybridized carbons (Fsp3) is 0.333. The third-order valence-corrected chi connectivity index (χ3v) is 6.28. The number of fused-ring (bicyclic) bond motifs is 1. The number of amides is 1. The maximum Gasteiger partial charge on any atom is 0.258 e. The van der Waals surface area contributed by atoms with Crippen molar-refractivity contribution in [2.75, 3.05) is 20.0 Å². The van der Waals surface area contributed by atoms with Gasteiger partial charge in [0.15, 0.2) is 16.3 Å². The highest BCUT2D eigenvalue weighted by molar-refractivity contribution is 8.00. The van der Waals surface area contributed by atoms with Crippen molar-refractivity contribution in [2.45, 2.75) is 31.7 Å². The first kappa shape index (κ1) is 20.5. The van der Waals surface area contributed by atoms with Crippen molar-refractivity contribution in [1.82, 2.24) is 4.57 Å². The third-order valence-electron chi connectivity index (χ3n) is 4.24. The normalized spacial score (nSPS) is 11.8. The summed E-state index contributed by atoms with van der Waals surface area (Å²) in [6.07, 6.45) is 0.944. The van der Waals surface area contributed by atoms with E-state index >= 15 is 0 Å². The fourth-order valence-corrected chi connectivity index (χ4v) is 4.61. The standard InChI is InChI=1S/C21H24N2O3S2/c1-5-10-23-16-11-17(25-3)18(26-4)12-19(16)28-21(23)22-20(24)13-27-15-8-6-14(2)7-9-15/h6-9,11-12H,5,10,13H2,1-4H3. The molecule has 3 aromatic rings. The Kier molecular flexibility index (Phi) is 6.80. The van der Waals surface area contributed by atoms with Crippen molar-refractivity contribution in [3.05, 3.63) is 46.8 Å². The summed E-state index contributed by atoms with van der Waals surface area (Å²) in [6.45, 7) is 4.94. The van der Waals surface area contributed by atoms with Crippen molar-refractivity contribution >= 4 is 39.2 Å². The maximum atomic E-state index is 12.5. The molecule has 1 heterocycles. The van der Waals surface area contributed by atoms with Gasteiger partial charge in [0, 0.05) is 23.6 Å². The van der Waals surface area contributed by atoms with Crippen LogP contribution in [0.15, 0.2) is 46.3 Å². The Morgan fingerprint density at radius 1 is 1.14 bits per heavy atom. The van der Waals surface area contributed by atoms with Gasteiger partial charge in [-0.1, -0.05) is 36.0 Å². The maximum absolute atomic E-state index is 12.5. The van der Waals surface area contributed by atoms with Crippen LogP contribution >= 0.6 is 23.1 Å². The summed E-state index contributed by atoms with van der Waals surface area (Å²) in [4.78, 5) is 18.7. The SMILES string of the molecule is CCCn1c(=NC(=O)CSc2ccc(C)cc2)sc2cc(OC)c(OC)cc21. The van der Waals surface area contributed by atoms with E-state index in [1.54, 1.807) is 14.2 Å². The smallest absolute Gasteiger partial charge is 0.258 e. The molecule has 0 fully saturated rings. The van der Waals surface area contributed by atoms with E-state index in [-0.39, 0.29) is 5.91 Å². The average Bonchev–Trinajstić information content (AvgIpc) is 3.02. The molecule has 1 amide bonds. The van der Waals surface area contributed by atoms with Crippen LogP contribution in [0.5, 0.6) is 11.5 Å². The zero-order valence-electron chi connectivity index (χ0n) is 16.5. The van der Waals surface area contributed by atoms with Crippen LogP contribution in [-0.4, -0.2) is 30.4 Å². The van der Waals surface area contributed by atoms with Crippen molar-refractivity contribution in [3.63, 3.8) is 0 Å². The minimum absolute atomic E-state index is 0.138. The van der Waals surface area contributed by atoms with Gasteiger partial charge in [-0.3, -0.25) is 4.79 Å². The molecule has 3 rings (SSSR count). The van der Waals surface area contributed by atoms with Crippen LogP contribution in [0.1, 0.15) is 18.9 Å². The van der Waals surface area contributed by atoms with Crippen LogP contribution in [0.2, 0.25) is 0 Å². The predicted molar refractivity (Wildman–Crippen MR) is 116 cm³/mol. The highest BCUT2D eigenvalue weighted by atomic mass is 32.2. The Bertz CT molecular complexity index is 1040. The van der Waals surface area contributed by atoms with Crippen molar-refractivity contribution < 1.29 is 14.3 Å². The molecule has 1 aromatic heterocycles. The van der Waals surface area contributed by atoms with E-state index in [1.165, 1.54) is 28.7 Å². The molecule has 5 nitrogen and oxygen atoms in total. The minimum atomic E-state index is -0.138. The zero-order valence-corrected chi connectivity index (χ0v) is 18.2. The lowest BCUT2D eigenvalue weighted by Gasteiger charge is -2.08. The van der Waals surface area contributed by atoms with Crippen molar-refractivity contribution in [2.24, 2.45) is 4.99 Å². The number of carbonyl (C=O) groups excluding carboxylic acids is 1. The van der Waals surface area contributed by atoms with Crippen LogP contribution in [-0.2, 0) is 11.3 Å². The van der Waals surface area contributed by atoms with Gasteiger partial charge < -0.3 is 14.0 Å². The number of benzene rings is 2. The van der Waals surface area contributed by atoms with Gasteiger partial charge in [-0.15, -0.1) is 11.8 Å². The van der Waals surface area contributed by atoms with Crippen LogP contribution < -0.4 is 14.3 Å². The molecule has 0 aliphatic heterocycles. The topological polar surface area (TPSA) is 52.8 Å². The number of aromatic nitrogens is 1. The first-order valence-electron chi connectivity index (χ1n) is 9.08. The second-order valence-corrected chi connectivity index (χ2v) is 8.38. The fourth-order valence-electron chi connectivity index (χ4n) is 2.84. The van der Waals surface area contributed by atoms with Crippen LogP contribution in [0.25, 0.3) is 10.2 Å². The van der Waals surface area contributed by atoms with E-state index in [0.29, 0.717) is 22.1 Å². The molecule has 28 heavy (non-hydrogen) atoms. The largest absolute Gasteiger partial charge is 0.493 e. The lowest BCUT2D eigenvalue weighted by molar-refractivity contribution is -0.115. The first-order chi connectivity index (χ1) is 13.5. The van der Waals surface area contributed by atoms with Gasteiger partial charge in [-0.05, 0) is 25.5 Å². The quantitative estimate of drug-likeness (QED) is 0.526. The summed E-state index contributed by atoms with van der Waals surface area (Å²) in [5.74, 6) is 1.52. The minimum Gasteiger partial charge on any atom is -0.493 e. The Morgan fingerprint density at radius 2 is 1.82 bits per heavy atom. The second-order valence-electron chi connectivity index (χ2n) is 6.32. The van der Waals surface area contributed by atoms with E-state index in [2.05, 4.69) is 16.5 Å². The molecule has 7 heteroatoms. The molecule has 0 aliphatic carbocycles. The van der Waals surface area contributed by atoms with Gasteiger partial charge >= 0.3 is 0 Å². The molecule has 0 aliphatic rings. The van der Waals surface area contributed by atoms with Gasteiger partial charge in [-0.25, -0.2) is 0 Å². The summed E-state index contributed by atoms with van der Waals surface area (Å²) in [5.41, 5.74) is 2.21. The van der Waals surface area contributed by atoms with E-state index in [1.807, 2.05) is 43.3 Å². The molecule has 0 saturated heterocycles. The molecule has 0 unspecified atom stereocenters. The van der Waals surface area contributed by atoms with Gasteiger partial charge in [0.2, 0.25) is 0 Å². The number of hydrogen-bond donors (Lipinski definition) is 0. The van der Waals surface area contributed by atoms with Gasteiger partial charge in [-0.2, -0.15) is 4.99 Å². The van der Waals surface area contributed by atoms with E-state index in [4.69, 9.17) is 9.47 Å². The predicted octanol–water partition coefficient (Wildman–Crippen LogP) is 4.66. The number of methoxy groups -OCH3 is 2. The summed E-state index contributed by atoms with van der Waals surface area (Å²) >= 11 is 3.00. The van der Waals surface area contributed by atoms with E-state index < -0.39 is 0 Å². The van der Waals surface area contributed by atoms with Crippen LogP contribution in [0, 0.1) is 6.92 Å². The number of hydrogen-bond acceptors (Lipinski definition) is 5. The zero-order chi connectivity index (χ0) is 20.1. The molecule has 0 atom stereocenters. The van der Waals surface area contributed by atoms with Gasteiger partial charge in [0.25, 0.3) is 5.91 Å². The number of carbonyl (C=O) groups is 1. The molecule has 148 valence electrons. The Morgan fingerprint density at radius 3 is 2.46 bits per heavy atom. The molecular formula is C21H24N2O3S2. The summed E-state index contributed by atoms with van der Waals surface area (Å²) in [5, 5.41) is 0. The number of nitrogens with zero attached hydrogens (tertiary/aromatic N) is 2. The number of thiazole rings is 1. The summed E-state index contributed by atoms with van der Waals surface area (Å²) in [6, 6.07) is 12.0. The summed E-state index contributed by atoms with van der Waals surface area (Å²) in [7, 11) is 3.24. The number of thioether (sulfide) groups is 1. The Balaban J connectivity index is 1.92. The average molecular weight is 417 g/mol. The van der Waals surface area contributed by atoms with E-state index in [9.17, 15) is 4.79 Å². The van der Waals surface area contributed by atoms with E-state index in [0.717, 1.165) is 28.1 Å². The molecule has 0 N–H and O–H groups in total. The Labute approximate surface area is 173 Å². The van der Waals surface area contributed by atoms with Crippen molar-refractivity contribution in [1.29, 1.82) is 0 Å². The third kappa shape index (κ3) is 4.59. The lowest BCUT2D eigenvalue weighted by atomic mass is 10.2. The molecule has 2 aromatic carbocycles. The number of aryl methyl sites for hydroxylation is 2. The molecule has 0 bridgehead atoms. The Hall–Kier alpha value is -2.25. The molecule has 0 spiro atoms. The monoisotopic (exact) mass is 416 g/mol. The van der Waals surface area contributed by atoms with Crippen LogP contribution in [0.4, 0.5) is 0 Å². The highest BCUT2D eigenvalue weighted by Gasteiger charge is 2.13. The van der Waals surface area contributed by atoms with Gasteiger partial charge in [0.05, 0.1) is 30.2 Å². The van der Waals surface area contributed by atoms with Crippen molar-refractivity contribution in [3.8, 4) is 11.5 Å². The first-order valence-corrected chi connectivity index (χ1v) is 10.9. The molecular weight excluding hydrogens is 392 g/mol. The van der Waals surface area contributed by atoms with Crippen LogP contribution in [0.3, 0.4) is 0 Å². The highest BCUT2D eigenvalue weighted by Crippen LogP contribution is 2.33. The molecule has 0 radical (unpaired) electrons.